The molecule has 2 aliphatic rings. The van der Waals surface area contributed by atoms with Crippen molar-refractivity contribution in [2.24, 2.45) is 11.7 Å². The van der Waals surface area contributed by atoms with Gasteiger partial charge in [0.25, 0.3) is 0 Å². The number of hydrogen-bond acceptors (Lipinski definition) is 6. The fourth-order valence-electron chi connectivity index (χ4n) is 4.17. The van der Waals surface area contributed by atoms with E-state index in [1.165, 1.54) is 0 Å². The Morgan fingerprint density at radius 2 is 1.97 bits per heavy atom. The molecule has 2 N–H and O–H groups in total. The average Bonchev–Trinajstić information content (AvgIpc) is 2.77. The third-order valence-corrected chi connectivity index (χ3v) is 8.45. The van der Waals surface area contributed by atoms with E-state index < -0.39 is 20.7 Å². The molecule has 2 aromatic carbocycles. The number of anilines is 1. The Morgan fingerprint density at radius 3 is 2.63 bits per heavy atom. The summed E-state index contributed by atoms with van der Waals surface area (Å²) in [5, 5.41) is 12.0. The highest BCUT2D eigenvalue weighted by Crippen LogP contribution is 2.49. The summed E-state index contributed by atoms with van der Waals surface area (Å²) in [6, 6.07) is 12.6. The topological polar surface area (TPSA) is 80.7 Å². The predicted molar refractivity (Wildman–Crippen MR) is 128 cm³/mol. The van der Waals surface area contributed by atoms with Crippen molar-refractivity contribution in [1.29, 1.82) is 5.26 Å². The molecule has 30 heavy (non-hydrogen) atoms. The van der Waals surface area contributed by atoms with E-state index in [0.717, 1.165) is 37.3 Å². The van der Waals surface area contributed by atoms with Gasteiger partial charge in [-0.05, 0) is 30.8 Å². The van der Waals surface area contributed by atoms with Gasteiger partial charge in [-0.3, -0.25) is 0 Å². The maximum absolute atomic E-state index is 9.89. The Balaban J connectivity index is 1.88. The van der Waals surface area contributed by atoms with Crippen molar-refractivity contribution in [2.45, 2.75) is 12.3 Å². The van der Waals surface area contributed by atoms with Crippen molar-refractivity contribution in [3.63, 3.8) is 0 Å². The molecule has 0 aromatic heterocycles. The summed E-state index contributed by atoms with van der Waals surface area (Å²) in [7, 11) is 7.39. The lowest BCUT2D eigenvalue weighted by atomic mass is 9.77. The molecular formula is C23H24IN3O3. The van der Waals surface area contributed by atoms with Crippen molar-refractivity contribution in [1.82, 2.24) is 0 Å². The predicted octanol–water partition coefficient (Wildman–Crippen LogP) is 4.33. The van der Waals surface area contributed by atoms with Gasteiger partial charge >= 0.3 is 0 Å². The molecule has 156 valence electrons. The third-order valence-electron chi connectivity index (χ3n) is 5.56. The zero-order chi connectivity index (χ0) is 21.4. The lowest BCUT2D eigenvalue weighted by Gasteiger charge is -2.33. The van der Waals surface area contributed by atoms with Crippen LogP contribution in [0.3, 0.4) is 0 Å². The molecule has 0 saturated heterocycles. The number of ether oxygens (including phenoxy) is 3. The minimum absolute atomic E-state index is 0.0944. The second kappa shape index (κ2) is 8.19. The van der Waals surface area contributed by atoms with Crippen LogP contribution in [0.2, 0.25) is 0 Å². The van der Waals surface area contributed by atoms with E-state index in [1.807, 2.05) is 26.2 Å². The van der Waals surface area contributed by atoms with Crippen LogP contribution in [0.4, 0.5) is 5.69 Å². The fraction of sp³-hybridized carbons (Fsp3) is 0.304. The lowest BCUT2D eigenvalue weighted by molar-refractivity contribution is 0.226. The number of nitrogens with two attached hydrogens (primary N) is 1. The number of nitrogens with zero attached hydrogens (tertiary/aromatic N) is 2. The molecule has 2 aliphatic heterocycles. The highest BCUT2D eigenvalue weighted by Gasteiger charge is 2.37. The number of rotatable bonds is 4. The molecule has 7 heteroatoms. The first kappa shape index (κ1) is 20.5. The van der Waals surface area contributed by atoms with E-state index in [4.69, 9.17) is 19.9 Å². The molecule has 2 heterocycles. The Labute approximate surface area is 186 Å². The molecule has 0 aliphatic carbocycles. The Morgan fingerprint density at radius 1 is 1.17 bits per heavy atom. The number of hydrogen-bond donors (Lipinski definition) is 1. The van der Waals surface area contributed by atoms with Crippen LogP contribution in [-0.2, 0) is 9.47 Å². The first-order valence-electron chi connectivity index (χ1n) is 9.58. The molecule has 0 amide bonds. The van der Waals surface area contributed by atoms with Crippen LogP contribution in [0.25, 0.3) is 10.8 Å². The molecule has 6 nitrogen and oxygen atoms in total. The van der Waals surface area contributed by atoms with Crippen LogP contribution in [-0.4, -0.2) is 32.3 Å². The average molecular weight is 517 g/mol. The Bertz CT molecular complexity index is 1140. The first-order valence-corrected chi connectivity index (χ1v) is 11.9. The SMILES string of the molecule is COC1=C(OC)I=CC(C2C(C#N)=C(N)Oc3c2ccc2c(N(C)C)cccc32)C1. The lowest BCUT2D eigenvalue weighted by Crippen LogP contribution is -2.27. The summed E-state index contributed by atoms with van der Waals surface area (Å²) in [6.45, 7) is 0. The molecule has 2 aromatic rings. The number of fused-ring (bicyclic) bond motifs is 3. The summed E-state index contributed by atoms with van der Waals surface area (Å²) in [5.74, 6) is 1.71. The van der Waals surface area contributed by atoms with E-state index in [1.54, 1.807) is 14.2 Å². The summed E-state index contributed by atoms with van der Waals surface area (Å²) in [4.78, 5) is 2.08. The van der Waals surface area contributed by atoms with Crippen molar-refractivity contribution in [3.8, 4) is 11.8 Å². The van der Waals surface area contributed by atoms with Crippen LogP contribution < -0.4 is 15.4 Å². The first-order chi connectivity index (χ1) is 14.5. The third kappa shape index (κ3) is 3.29. The van der Waals surface area contributed by atoms with E-state index in [9.17, 15) is 5.26 Å². The van der Waals surface area contributed by atoms with E-state index in [2.05, 4.69) is 33.2 Å². The summed E-state index contributed by atoms with van der Waals surface area (Å²) in [5.41, 5.74) is 8.84. The molecule has 0 bridgehead atoms. The monoisotopic (exact) mass is 517 g/mol. The van der Waals surface area contributed by atoms with Gasteiger partial charge < -0.3 is 24.8 Å². The molecule has 0 radical (unpaired) electrons. The molecular weight excluding hydrogens is 493 g/mol. The maximum atomic E-state index is 9.89. The van der Waals surface area contributed by atoms with Crippen molar-refractivity contribution < 1.29 is 14.2 Å². The maximum Gasteiger partial charge on any atom is 0.205 e. The fourth-order valence-corrected chi connectivity index (χ4v) is 6.67. The van der Waals surface area contributed by atoms with Crippen LogP contribution in [0, 0.1) is 17.2 Å². The normalized spacial score (nSPS) is 20.8. The van der Waals surface area contributed by atoms with E-state index in [0.29, 0.717) is 12.0 Å². The van der Waals surface area contributed by atoms with Gasteiger partial charge in [0.1, 0.15) is 17.6 Å². The quantitative estimate of drug-likeness (QED) is 0.609. The number of methoxy groups -OCH3 is 2. The van der Waals surface area contributed by atoms with Crippen LogP contribution in [0.1, 0.15) is 17.9 Å². The minimum Gasteiger partial charge on any atom is -0.497 e. The van der Waals surface area contributed by atoms with Gasteiger partial charge in [-0.25, -0.2) is 0 Å². The van der Waals surface area contributed by atoms with Crippen LogP contribution in [0.15, 0.2) is 51.3 Å². The highest BCUT2D eigenvalue weighted by atomic mass is 127. The Hall–Kier alpha value is -2.73. The summed E-state index contributed by atoms with van der Waals surface area (Å²) in [6.07, 6.45) is 0.664. The minimum atomic E-state index is -0.457. The zero-order valence-corrected chi connectivity index (χ0v) is 19.6. The zero-order valence-electron chi connectivity index (χ0n) is 17.4. The standard InChI is InChI=1S/C23H24IN3O3/c1-27(2)18-7-5-6-15-14(18)8-9-16-20(17(12-25)23(26)30-21(15)16)13-10-19(28-3)22(29-4)24-11-13/h5-9,11,13,20H,10,26H2,1-4H3. The molecule has 2 atom stereocenters. The largest absolute Gasteiger partial charge is 0.497 e. The van der Waals surface area contributed by atoms with Gasteiger partial charge in [-0.2, -0.15) is 5.26 Å². The number of allylic oxidation sites excluding steroid dienone is 2. The number of halogens is 1. The van der Waals surface area contributed by atoms with E-state index in [-0.39, 0.29) is 17.7 Å². The van der Waals surface area contributed by atoms with Gasteiger partial charge in [0.2, 0.25) is 5.88 Å². The van der Waals surface area contributed by atoms with Gasteiger partial charge in [0.05, 0.1) is 19.8 Å². The van der Waals surface area contributed by atoms with Crippen molar-refractivity contribution >= 4 is 41.2 Å². The van der Waals surface area contributed by atoms with Crippen molar-refractivity contribution in [2.75, 3.05) is 33.2 Å². The van der Waals surface area contributed by atoms with Gasteiger partial charge in [0, 0.05) is 54.4 Å². The second-order valence-corrected chi connectivity index (χ2v) is 9.75. The molecule has 4 rings (SSSR count). The second-order valence-electron chi connectivity index (χ2n) is 7.43. The summed E-state index contributed by atoms with van der Waals surface area (Å²) >= 11 is -0.457. The molecule has 0 spiro atoms. The Kier molecular flexibility index (Phi) is 5.60. The summed E-state index contributed by atoms with van der Waals surface area (Å²) < 4.78 is 20.4. The van der Waals surface area contributed by atoms with Crippen LogP contribution >= 0.6 is 20.7 Å². The van der Waals surface area contributed by atoms with Gasteiger partial charge in [-0.15, -0.1) is 0 Å². The highest BCUT2D eigenvalue weighted by molar-refractivity contribution is 14.2. The van der Waals surface area contributed by atoms with Gasteiger partial charge in [0.15, 0.2) is 3.77 Å². The smallest absolute Gasteiger partial charge is 0.205 e. The van der Waals surface area contributed by atoms with Gasteiger partial charge in [-0.1, -0.05) is 24.3 Å². The number of nitriles is 1. The van der Waals surface area contributed by atoms with E-state index >= 15 is 0 Å². The van der Waals surface area contributed by atoms with Crippen LogP contribution in [0.5, 0.6) is 5.75 Å². The number of benzene rings is 2. The molecule has 0 saturated carbocycles. The molecule has 0 fully saturated rings. The van der Waals surface area contributed by atoms with Crippen molar-refractivity contribution in [3.05, 3.63) is 56.9 Å². The molecule has 2 unspecified atom stereocenters.